The zero-order chi connectivity index (χ0) is 16.1. The Morgan fingerprint density at radius 1 is 1.22 bits per heavy atom. The highest BCUT2D eigenvalue weighted by atomic mass is 16.5. The van der Waals surface area contributed by atoms with Crippen LogP contribution in [0.1, 0.15) is 23.2 Å². The van der Waals surface area contributed by atoms with Gasteiger partial charge in [0.05, 0.1) is 0 Å². The van der Waals surface area contributed by atoms with Gasteiger partial charge in [0, 0.05) is 37.2 Å². The quantitative estimate of drug-likeness (QED) is 0.937. The lowest BCUT2D eigenvalue weighted by molar-refractivity contribution is 0.101. The topological polar surface area (TPSA) is 67.3 Å². The van der Waals surface area contributed by atoms with Crippen molar-refractivity contribution in [2.24, 2.45) is 0 Å². The maximum atomic E-state index is 12.3. The molecule has 0 aromatic carbocycles. The minimum Gasteiger partial charge on any atom is -0.473 e. The van der Waals surface area contributed by atoms with Crippen molar-refractivity contribution in [3.63, 3.8) is 0 Å². The lowest BCUT2D eigenvalue weighted by Gasteiger charge is -2.29. The Morgan fingerprint density at radius 3 is 2.70 bits per heavy atom. The van der Waals surface area contributed by atoms with Gasteiger partial charge in [-0.2, -0.15) is 0 Å². The van der Waals surface area contributed by atoms with Crippen LogP contribution in [-0.4, -0.2) is 47.0 Å². The summed E-state index contributed by atoms with van der Waals surface area (Å²) in [5.41, 5.74) is 1.14. The van der Waals surface area contributed by atoms with E-state index in [0.29, 0.717) is 17.1 Å². The number of hydrogen-bond acceptors (Lipinski definition) is 5. The predicted octanol–water partition coefficient (Wildman–Crippen LogP) is 2.20. The molecule has 120 valence electrons. The summed E-state index contributed by atoms with van der Waals surface area (Å²) in [6, 6.07) is 6.92. The van der Waals surface area contributed by atoms with Gasteiger partial charge in [0.15, 0.2) is 0 Å². The van der Waals surface area contributed by atoms with Crippen molar-refractivity contribution < 1.29 is 9.53 Å². The van der Waals surface area contributed by atoms with Gasteiger partial charge in [-0.15, -0.1) is 0 Å². The van der Waals surface area contributed by atoms with Crippen molar-refractivity contribution in [1.29, 1.82) is 0 Å². The maximum Gasteiger partial charge on any atom is 0.255 e. The normalized spacial score (nSPS) is 16.0. The number of carbonyl (C=O) groups excluding carboxylic acids is 1. The minimum absolute atomic E-state index is 0.137. The van der Waals surface area contributed by atoms with Gasteiger partial charge < -0.3 is 15.0 Å². The molecule has 0 bridgehead atoms. The number of likely N-dealkylation sites (tertiary alicyclic amines) is 1. The van der Waals surface area contributed by atoms with Gasteiger partial charge in [0.1, 0.15) is 11.8 Å². The van der Waals surface area contributed by atoms with Gasteiger partial charge in [-0.05, 0) is 44.2 Å². The van der Waals surface area contributed by atoms with E-state index in [0.717, 1.165) is 25.9 Å². The molecule has 1 amide bonds. The molecule has 1 saturated heterocycles. The van der Waals surface area contributed by atoms with Crippen LogP contribution in [0.2, 0.25) is 0 Å². The van der Waals surface area contributed by atoms with E-state index in [2.05, 4.69) is 27.2 Å². The predicted molar refractivity (Wildman–Crippen MR) is 87.6 cm³/mol. The van der Waals surface area contributed by atoms with E-state index < -0.39 is 0 Å². The zero-order valence-corrected chi connectivity index (χ0v) is 13.1. The standard InChI is InChI=1S/C17H20N4O2/c1-21-11-6-14(7-12-21)23-17-15(3-2-8-19-17)20-16(22)13-4-9-18-10-5-13/h2-5,8-10,14H,6-7,11-12H2,1H3,(H,20,22). The van der Waals surface area contributed by atoms with E-state index >= 15 is 0 Å². The molecular formula is C17H20N4O2. The lowest BCUT2D eigenvalue weighted by Crippen LogP contribution is -2.36. The molecule has 0 aliphatic carbocycles. The maximum absolute atomic E-state index is 12.3. The number of aromatic nitrogens is 2. The van der Waals surface area contributed by atoms with Crippen LogP contribution in [0, 0.1) is 0 Å². The van der Waals surface area contributed by atoms with E-state index in [1.165, 1.54) is 0 Å². The minimum atomic E-state index is -0.200. The first-order valence-corrected chi connectivity index (χ1v) is 7.74. The summed E-state index contributed by atoms with van der Waals surface area (Å²) < 4.78 is 6.01. The zero-order valence-electron chi connectivity index (χ0n) is 13.1. The number of amides is 1. The van der Waals surface area contributed by atoms with E-state index in [1.54, 1.807) is 42.9 Å². The summed E-state index contributed by atoms with van der Waals surface area (Å²) in [6.45, 7) is 2.02. The molecule has 2 aromatic heterocycles. The van der Waals surface area contributed by atoms with Crippen LogP contribution >= 0.6 is 0 Å². The Balaban J connectivity index is 1.69. The average Bonchev–Trinajstić information content (AvgIpc) is 2.59. The largest absolute Gasteiger partial charge is 0.473 e. The average molecular weight is 312 g/mol. The first-order valence-electron chi connectivity index (χ1n) is 7.74. The Hall–Kier alpha value is -2.47. The molecule has 0 radical (unpaired) electrons. The first kappa shape index (κ1) is 15.4. The van der Waals surface area contributed by atoms with Gasteiger partial charge >= 0.3 is 0 Å². The number of ether oxygens (including phenoxy) is 1. The third kappa shape index (κ3) is 4.04. The fraction of sp³-hybridized carbons (Fsp3) is 0.353. The van der Waals surface area contributed by atoms with Crippen molar-refractivity contribution >= 4 is 11.6 Å². The molecule has 1 aliphatic rings. The van der Waals surface area contributed by atoms with Crippen LogP contribution in [0.15, 0.2) is 42.9 Å². The molecule has 1 N–H and O–H groups in total. The summed E-state index contributed by atoms with van der Waals surface area (Å²) in [4.78, 5) is 22.7. The molecule has 3 heterocycles. The van der Waals surface area contributed by atoms with E-state index in [9.17, 15) is 4.79 Å². The number of piperidine rings is 1. The van der Waals surface area contributed by atoms with Crippen LogP contribution in [0.25, 0.3) is 0 Å². The highest BCUT2D eigenvalue weighted by molar-refractivity contribution is 6.04. The smallest absolute Gasteiger partial charge is 0.255 e. The summed E-state index contributed by atoms with van der Waals surface area (Å²) in [7, 11) is 2.11. The molecule has 3 rings (SSSR count). The number of nitrogens with zero attached hydrogens (tertiary/aromatic N) is 3. The number of carbonyl (C=O) groups is 1. The molecule has 6 nitrogen and oxygen atoms in total. The van der Waals surface area contributed by atoms with Gasteiger partial charge in [0.25, 0.3) is 5.91 Å². The van der Waals surface area contributed by atoms with E-state index in [4.69, 9.17) is 4.74 Å². The van der Waals surface area contributed by atoms with Crippen molar-refractivity contribution in [2.75, 3.05) is 25.5 Å². The highest BCUT2D eigenvalue weighted by Crippen LogP contribution is 2.25. The van der Waals surface area contributed by atoms with Crippen LogP contribution in [0.5, 0.6) is 5.88 Å². The van der Waals surface area contributed by atoms with Crippen molar-refractivity contribution in [3.8, 4) is 5.88 Å². The monoisotopic (exact) mass is 312 g/mol. The van der Waals surface area contributed by atoms with Crippen molar-refractivity contribution in [3.05, 3.63) is 48.4 Å². The molecule has 0 saturated carbocycles. The number of pyridine rings is 2. The first-order chi connectivity index (χ1) is 11.2. The van der Waals surface area contributed by atoms with E-state index in [-0.39, 0.29) is 12.0 Å². The summed E-state index contributed by atoms with van der Waals surface area (Å²) in [5, 5.41) is 2.86. The molecule has 0 unspecified atom stereocenters. The molecule has 1 aliphatic heterocycles. The molecule has 2 aromatic rings. The Labute approximate surface area is 135 Å². The second-order valence-electron chi connectivity index (χ2n) is 5.67. The highest BCUT2D eigenvalue weighted by Gasteiger charge is 2.20. The van der Waals surface area contributed by atoms with Gasteiger partial charge in [-0.1, -0.05) is 0 Å². The molecule has 0 atom stereocenters. The fourth-order valence-corrected chi connectivity index (χ4v) is 2.54. The van der Waals surface area contributed by atoms with Crippen LogP contribution < -0.4 is 10.1 Å². The Morgan fingerprint density at radius 2 is 1.96 bits per heavy atom. The second-order valence-corrected chi connectivity index (χ2v) is 5.67. The fourth-order valence-electron chi connectivity index (χ4n) is 2.54. The third-order valence-corrected chi connectivity index (χ3v) is 3.91. The number of nitrogens with one attached hydrogen (secondary N) is 1. The van der Waals surface area contributed by atoms with Crippen molar-refractivity contribution in [2.45, 2.75) is 18.9 Å². The Bertz CT molecular complexity index is 655. The number of hydrogen-bond donors (Lipinski definition) is 1. The summed E-state index contributed by atoms with van der Waals surface area (Å²) >= 11 is 0. The lowest BCUT2D eigenvalue weighted by atomic mass is 10.1. The third-order valence-electron chi connectivity index (χ3n) is 3.91. The van der Waals surface area contributed by atoms with Gasteiger partial charge in [-0.3, -0.25) is 9.78 Å². The molecule has 1 fully saturated rings. The summed E-state index contributed by atoms with van der Waals surface area (Å²) in [6.07, 6.45) is 6.92. The molecule has 23 heavy (non-hydrogen) atoms. The SMILES string of the molecule is CN1CCC(Oc2ncccc2NC(=O)c2ccncc2)CC1. The van der Waals surface area contributed by atoms with Crippen LogP contribution in [-0.2, 0) is 0 Å². The number of rotatable bonds is 4. The molecule has 6 heteroatoms. The van der Waals surface area contributed by atoms with Gasteiger partial charge in [-0.25, -0.2) is 4.98 Å². The van der Waals surface area contributed by atoms with Crippen LogP contribution in [0.3, 0.4) is 0 Å². The second kappa shape index (κ2) is 7.19. The molecular weight excluding hydrogens is 292 g/mol. The Kier molecular flexibility index (Phi) is 4.83. The van der Waals surface area contributed by atoms with Crippen LogP contribution in [0.4, 0.5) is 5.69 Å². The summed E-state index contributed by atoms with van der Waals surface area (Å²) in [5.74, 6) is 0.276. The molecule has 0 spiro atoms. The van der Waals surface area contributed by atoms with Crippen molar-refractivity contribution in [1.82, 2.24) is 14.9 Å². The van der Waals surface area contributed by atoms with E-state index in [1.807, 2.05) is 0 Å². The van der Waals surface area contributed by atoms with Gasteiger partial charge in [0.2, 0.25) is 5.88 Å². The number of anilines is 1.